The van der Waals surface area contributed by atoms with E-state index in [0.29, 0.717) is 28.1 Å². The van der Waals surface area contributed by atoms with Crippen molar-refractivity contribution in [2.24, 2.45) is 17.0 Å². The van der Waals surface area contributed by atoms with Crippen LogP contribution in [-0.2, 0) is 61.7 Å². The van der Waals surface area contributed by atoms with E-state index in [4.69, 9.17) is 74.3 Å². The number of aliphatic hydroxyl groups is 5. The molecule has 0 bridgehead atoms. The number of methoxy groups -OCH3 is 3. The summed E-state index contributed by atoms with van der Waals surface area (Å²) < 4.78 is 195. The molecule has 17 rings (SSSR count). The number of terminal acetylenes is 1. The summed E-state index contributed by atoms with van der Waals surface area (Å²) in [4.78, 5) is 26.0. The Morgan fingerprint density at radius 1 is 0.465 bits per heavy atom. The van der Waals surface area contributed by atoms with Crippen molar-refractivity contribution in [3.8, 4) is 85.9 Å². The standard InChI is InChI=1S/C31H33F3N6O7S.C28H29F3N6O7S.C23H27F3N6O6S.C8H6O.CH3O.Na/c1-15-25(13-46-16(2)41)47-31(30(44-3)28(15)40-11-23(36-38-40)18-8-20(32)27(34)21(33)9-18)48-26-14-45-12-24(29(26)43)39-10-22(35-37-39)17-5-4-6-19(42)7-17;1-42-27-24(37-9-19(33-35-37)14-6-16(29)23(31)17(30)7-14)26(41)21(10-38)44-28(27)45-22-12-43-11-20(25(22)40)36-8-18(32-34-36)13-3-2-4-15(39)5-13;1-10-17(8-37-11(2)33)38-23(39-18-9-36-7-16(21(18)34)28-30-27)22(35-3)20(10)32-6-15(29-31-32)12-4-13(24)19(26)14(25)5-12;1-2-7-4-3-5-8(9)6-7;1-2;/h4-11,15,24-26,28-31,42-43H,12-14H2,1-3H3;2-9,20-22,24-28,38-41H,10-12H2,1H3;4-6,10,16-18,20-23,34H,7-9H2,1-3H3;1,3-6,9H;1H3;/q;;;;-1;+1. The summed E-state index contributed by atoms with van der Waals surface area (Å²) in [5.74, 6) is -12.0. The van der Waals surface area contributed by atoms with Crippen molar-refractivity contribution in [1.29, 1.82) is 0 Å². The van der Waals surface area contributed by atoms with Crippen LogP contribution in [0.4, 0.5) is 39.5 Å². The first-order valence-electron chi connectivity index (χ1n) is 43.9. The van der Waals surface area contributed by atoms with E-state index in [-0.39, 0.29) is 145 Å². The summed E-state index contributed by atoms with van der Waals surface area (Å²) in [6, 6.07) is 20.4. The number of phenolic OH excluding ortho intramolecular Hbond substituents is 3. The van der Waals surface area contributed by atoms with Gasteiger partial charge >= 0.3 is 41.5 Å². The fraction of sp³-hybridized carbons (Fsp3) is 0.451. The topological polar surface area (TPSA) is 523 Å². The van der Waals surface area contributed by atoms with E-state index in [9.17, 15) is 84.8 Å². The quantitative estimate of drug-likeness (QED) is 0.00504. The van der Waals surface area contributed by atoms with Crippen molar-refractivity contribution in [2.45, 2.75) is 157 Å². The number of aliphatic hydroxyl groups excluding tert-OH is 5. The number of aromatic hydroxyl groups is 3. The van der Waals surface area contributed by atoms with Crippen LogP contribution in [0.15, 0.2) is 145 Å². The van der Waals surface area contributed by atoms with E-state index >= 15 is 0 Å². The van der Waals surface area contributed by atoms with Crippen LogP contribution in [0.3, 0.4) is 0 Å². The molecule has 24 unspecified atom stereocenters. The number of rotatable bonds is 25. The molecule has 0 aliphatic carbocycles. The molecule has 6 aliphatic rings. The maximum Gasteiger partial charge on any atom is 1.00 e. The van der Waals surface area contributed by atoms with E-state index < -0.39 is 200 Å². The first-order valence-corrected chi connectivity index (χ1v) is 46.7. The fourth-order valence-corrected chi connectivity index (χ4v) is 21.2. The zero-order valence-corrected chi connectivity index (χ0v) is 82.5. The van der Waals surface area contributed by atoms with Crippen molar-refractivity contribution in [3.05, 3.63) is 209 Å². The van der Waals surface area contributed by atoms with Gasteiger partial charge < -0.3 is 98.1 Å². The van der Waals surface area contributed by atoms with Gasteiger partial charge in [-0.05, 0) is 84.4 Å². The Hall–Kier alpha value is -11.0. The maximum atomic E-state index is 14.0. The summed E-state index contributed by atoms with van der Waals surface area (Å²) in [5.41, 5.74) is 9.54. The number of hydrogen-bond donors (Lipinski definition) is 8. The SMILES string of the molecule is C#Cc1cccc(O)c1.COC1C(SC2COCC(N=[N+]=[N-])C2O)OC(COC(C)=O)C(C)C1n1cc(-c2cc(F)c(F)c(F)c2)nn1.COC1C(SC2COCC(n3cc(-c4cccc(O)c4)nn3)C2O)OC(CO)C(O)C1n1cc(-c2cc(F)c(F)c(F)c2)nn1.COC1C(SC2COCC(n3cc(-c4cccc(O)c4)nn3)C2O)OC(COC(C)=O)C(C)C1n1cc(-c2cc(F)c(F)c(F)c2)nn1.C[O-].[Na+]. The number of carbonyl (C=O) groups is 2. The number of phenols is 3. The molecule has 0 amide bonds. The molecule has 11 aromatic rings. The molecule has 24 atom stereocenters. The van der Waals surface area contributed by atoms with Gasteiger partial charge in [-0.15, -0.1) is 67.2 Å². The number of azide groups is 1. The van der Waals surface area contributed by atoms with Crippen molar-refractivity contribution >= 4 is 47.2 Å². The second-order valence-electron chi connectivity index (χ2n) is 33.2. The van der Waals surface area contributed by atoms with Gasteiger partial charge in [0.2, 0.25) is 0 Å². The maximum absolute atomic E-state index is 14.0. The molecule has 0 saturated carbocycles. The Morgan fingerprint density at radius 3 is 1.12 bits per heavy atom. The zero-order chi connectivity index (χ0) is 103. The first kappa shape index (κ1) is 112. The molecular weight excluding hydrogens is 1990 g/mol. The smallest absolute Gasteiger partial charge is 0.857 e. The number of aromatic nitrogens is 15. The Balaban J connectivity index is 0.000000183. The summed E-state index contributed by atoms with van der Waals surface area (Å²) in [7, 11) is 5.09. The number of carbonyl (C=O) groups excluding carboxylic acids is 2. The Labute approximate surface area is 850 Å². The Morgan fingerprint density at radius 2 is 0.785 bits per heavy atom. The molecule has 11 heterocycles. The van der Waals surface area contributed by atoms with E-state index in [1.54, 1.807) is 79.1 Å². The van der Waals surface area contributed by atoms with Crippen LogP contribution >= 0.6 is 35.3 Å². The number of halogens is 9. The van der Waals surface area contributed by atoms with Crippen LogP contribution in [0.25, 0.3) is 66.7 Å². The summed E-state index contributed by atoms with van der Waals surface area (Å²) >= 11 is 3.66. The summed E-state index contributed by atoms with van der Waals surface area (Å²) in [6.45, 7) is 6.37. The van der Waals surface area contributed by atoms with Crippen LogP contribution in [-0.4, -0.2) is 315 Å². The fourth-order valence-electron chi connectivity index (χ4n) is 16.7. The van der Waals surface area contributed by atoms with Crippen molar-refractivity contribution in [1.82, 2.24) is 75.0 Å². The van der Waals surface area contributed by atoms with Crippen LogP contribution < -0.4 is 34.7 Å². The second kappa shape index (κ2) is 51.4. The minimum atomic E-state index is -1.62. The van der Waals surface area contributed by atoms with E-state index in [2.05, 4.69) is 67.5 Å². The predicted molar refractivity (Wildman–Crippen MR) is 488 cm³/mol. The zero-order valence-electron chi connectivity index (χ0n) is 78.0. The minimum absolute atomic E-state index is 0. The summed E-state index contributed by atoms with van der Waals surface area (Å²) in [5, 5.41) is 135. The minimum Gasteiger partial charge on any atom is -0.857 e. The average Bonchev–Trinajstić information content (AvgIpc) is 1.70. The molecule has 53 heteroatoms. The van der Waals surface area contributed by atoms with Gasteiger partial charge in [0.25, 0.3) is 0 Å². The molecule has 766 valence electrons. The summed E-state index contributed by atoms with van der Waals surface area (Å²) in [6.07, 6.45) is 3.59. The normalized spacial score (nSPS) is 27.1. The molecule has 6 saturated heterocycles. The van der Waals surface area contributed by atoms with Crippen molar-refractivity contribution in [2.75, 3.05) is 87.9 Å². The van der Waals surface area contributed by atoms with Gasteiger partial charge in [-0.1, -0.05) is 81.3 Å². The van der Waals surface area contributed by atoms with Crippen molar-refractivity contribution < 1.29 is 177 Å². The first-order chi connectivity index (χ1) is 68.7. The van der Waals surface area contributed by atoms with Gasteiger partial charge in [-0.2, -0.15) is 7.11 Å². The second-order valence-corrected chi connectivity index (χ2v) is 37.2. The molecule has 0 radical (unpaired) electrons. The Bertz CT molecular complexity index is 6180. The Kier molecular flexibility index (Phi) is 39.9. The third-order valence-corrected chi connectivity index (χ3v) is 28.3. The molecule has 40 nitrogen and oxygen atoms in total. The average molecular weight is 2090 g/mol. The number of hydrogen-bond acceptors (Lipinski definition) is 36. The number of nitrogens with zero attached hydrogens (tertiary/aromatic N) is 18. The number of ether oxygens (including phenoxy) is 11. The van der Waals surface area contributed by atoms with E-state index in [0.717, 1.165) is 43.5 Å². The largest absolute Gasteiger partial charge is 1.00 e. The third-order valence-electron chi connectivity index (χ3n) is 24.1. The number of benzene rings is 6. The molecule has 6 aromatic carbocycles. The predicted octanol–water partition coefficient (Wildman–Crippen LogP) is 5.60. The van der Waals surface area contributed by atoms with Gasteiger partial charge in [-0.3, -0.25) is 9.59 Å². The van der Waals surface area contributed by atoms with Crippen LogP contribution in [0.5, 0.6) is 17.2 Å². The third kappa shape index (κ3) is 26.5. The number of esters is 2. The van der Waals surface area contributed by atoms with Gasteiger partial charge in [-0.25, -0.2) is 62.9 Å². The molecule has 8 N–H and O–H groups in total. The molecule has 6 fully saturated rings. The monoisotopic (exact) mass is 2080 g/mol. The van der Waals surface area contributed by atoms with Crippen LogP contribution in [0.1, 0.15) is 63.5 Å². The molecule has 144 heavy (non-hydrogen) atoms. The van der Waals surface area contributed by atoms with E-state index in [1.165, 1.54) is 119 Å². The molecule has 5 aromatic heterocycles. The van der Waals surface area contributed by atoms with Gasteiger partial charge in [0, 0.05) is 85.3 Å². The van der Waals surface area contributed by atoms with Gasteiger partial charge in [0.1, 0.15) is 124 Å². The van der Waals surface area contributed by atoms with E-state index in [1.807, 2.05) is 13.8 Å². The van der Waals surface area contributed by atoms with Crippen LogP contribution in [0.2, 0.25) is 0 Å². The van der Waals surface area contributed by atoms with Crippen LogP contribution in [0, 0.1) is 76.5 Å². The van der Waals surface area contributed by atoms with Gasteiger partial charge in [0.15, 0.2) is 52.4 Å². The van der Waals surface area contributed by atoms with Crippen molar-refractivity contribution in [3.63, 3.8) is 0 Å². The van der Waals surface area contributed by atoms with Gasteiger partial charge in [0.05, 0.1) is 142 Å². The number of thioether (sulfide) groups is 3. The molecule has 0 spiro atoms. The molecule has 6 aliphatic heterocycles. The molecular formula is C91H98F9N18NaO22S3.